The topological polar surface area (TPSA) is 91.1 Å². The maximum Gasteiger partial charge on any atom is 0.416 e. The number of carbonyl (C=O) groups excluding carboxylic acids is 1. The first-order valence-electron chi connectivity index (χ1n) is 11.5. The van der Waals surface area contributed by atoms with E-state index in [9.17, 15) is 22.8 Å². The molecule has 9 nitrogen and oxygen atoms in total. The predicted molar refractivity (Wildman–Crippen MR) is 118 cm³/mol. The van der Waals surface area contributed by atoms with Gasteiger partial charge in [-0.1, -0.05) is 6.07 Å². The lowest BCUT2D eigenvalue weighted by Crippen LogP contribution is -2.49. The molecule has 4 heterocycles. The summed E-state index contributed by atoms with van der Waals surface area (Å²) in [6, 6.07) is 4.82. The van der Waals surface area contributed by atoms with Gasteiger partial charge in [0.2, 0.25) is 0 Å². The molecule has 35 heavy (non-hydrogen) atoms. The van der Waals surface area contributed by atoms with Crippen LogP contribution in [0.25, 0.3) is 0 Å². The maximum absolute atomic E-state index is 13.5. The molecular formula is C23H26F3N5O4. The fourth-order valence-electron chi connectivity index (χ4n) is 5.08. The van der Waals surface area contributed by atoms with Crippen molar-refractivity contribution in [3.8, 4) is 0 Å². The van der Waals surface area contributed by atoms with Gasteiger partial charge in [0.1, 0.15) is 0 Å². The van der Waals surface area contributed by atoms with Crippen molar-refractivity contribution in [3.63, 3.8) is 0 Å². The number of halogens is 3. The maximum atomic E-state index is 13.5. The molecule has 2 unspecified atom stereocenters. The Morgan fingerprint density at radius 3 is 2.34 bits per heavy atom. The minimum atomic E-state index is -4.41. The summed E-state index contributed by atoms with van der Waals surface area (Å²) >= 11 is 0. The zero-order chi connectivity index (χ0) is 24.7. The van der Waals surface area contributed by atoms with E-state index < -0.39 is 23.7 Å². The average molecular weight is 493 g/mol. The third kappa shape index (κ3) is 4.85. The van der Waals surface area contributed by atoms with Crippen LogP contribution in [0.2, 0.25) is 0 Å². The fraction of sp³-hybridized carbons (Fsp3) is 0.522. The van der Waals surface area contributed by atoms with Crippen LogP contribution in [0.4, 0.5) is 23.7 Å². The van der Waals surface area contributed by atoms with Gasteiger partial charge in [-0.2, -0.15) is 23.0 Å². The van der Waals surface area contributed by atoms with E-state index in [1.165, 1.54) is 18.3 Å². The SMILES string of the molecule is O=C(O)c1ccn(C(=O)N2CCN(Cc3ccc(C(F)(F)F)cc3N3CC4COCC4C3)CC2)n1. The highest BCUT2D eigenvalue weighted by molar-refractivity contribution is 5.86. The number of amides is 1. The van der Waals surface area contributed by atoms with Crippen molar-refractivity contribution >= 4 is 17.7 Å². The van der Waals surface area contributed by atoms with E-state index in [0.29, 0.717) is 76.6 Å². The molecule has 1 aromatic carbocycles. The Morgan fingerprint density at radius 2 is 1.74 bits per heavy atom. The van der Waals surface area contributed by atoms with Crippen LogP contribution in [0.15, 0.2) is 30.5 Å². The number of anilines is 1. The number of hydrogen-bond acceptors (Lipinski definition) is 6. The normalized spacial score (nSPS) is 23.1. The molecule has 0 radical (unpaired) electrons. The van der Waals surface area contributed by atoms with Crippen molar-refractivity contribution in [2.24, 2.45) is 11.8 Å². The van der Waals surface area contributed by atoms with Gasteiger partial charge in [0, 0.05) is 69.5 Å². The van der Waals surface area contributed by atoms with Gasteiger partial charge in [0.25, 0.3) is 0 Å². The second kappa shape index (κ2) is 9.15. The van der Waals surface area contributed by atoms with Crippen LogP contribution >= 0.6 is 0 Å². The van der Waals surface area contributed by atoms with Gasteiger partial charge in [-0.15, -0.1) is 0 Å². The highest BCUT2D eigenvalue weighted by atomic mass is 19.4. The Hall–Kier alpha value is -3.12. The van der Waals surface area contributed by atoms with Crippen LogP contribution in [0.1, 0.15) is 21.6 Å². The number of alkyl halides is 3. The second-order valence-corrected chi connectivity index (χ2v) is 9.30. The summed E-state index contributed by atoms with van der Waals surface area (Å²) in [7, 11) is 0. The van der Waals surface area contributed by atoms with Crippen molar-refractivity contribution in [1.29, 1.82) is 0 Å². The summed E-state index contributed by atoms with van der Waals surface area (Å²) in [6.45, 7) is 5.03. The monoisotopic (exact) mass is 493 g/mol. The molecule has 2 atom stereocenters. The molecule has 12 heteroatoms. The molecule has 0 bridgehead atoms. The third-order valence-electron chi connectivity index (χ3n) is 7.03. The van der Waals surface area contributed by atoms with Crippen molar-refractivity contribution in [1.82, 2.24) is 19.6 Å². The fourth-order valence-corrected chi connectivity index (χ4v) is 5.08. The number of carboxylic acids is 1. The van der Waals surface area contributed by atoms with E-state index in [1.807, 2.05) is 0 Å². The Bertz CT molecular complexity index is 1100. The average Bonchev–Trinajstić information content (AvgIpc) is 3.55. The van der Waals surface area contributed by atoms with Crippen molar-refractivity contribution in [3.05, 3.63) is 47.3 Å². The molecule has 3 fully saturated rings. The zero-order valence-corrected chi connectivity index (χ0v) is 18.9. The highest BCUT2D eigenvalue weighted by Gasteiger charge is 2.39. The van der Waals surface area contributed by atoms with Crippen LogP contribution in [-0.4, -0.2) is 89.2 Å². The lowest BCUT2D eigenvalue weighted by Gasteiger charge is -2.35. The Labute approximate surface area is 199 Å². The molecule has 0 saturated carbocycles. The van der Waals surface area contributed by atoms with Crippen molar-refractivity contribution < 1.29 is 32.6 Å². The van der Waals surface area contributed by atoms with Crippen LogP contribution in [0.3, 0.4) is 0 Å². The van der Waals surface area contributed by atoms with Gasteiger partial charge in [-0.05, 0) is 23.8 Å². The van der Waals surface area contributed by atoms with Crippen LogP contribution in [0.5, 0.6) is 0 Å². The first-order chi connectivity index (χ1) is 16.7. The van der Waals surface area contributed by atoms with Gasteiger partial charge in [-0.3, -0.25) is 4.90 Å². The molecule has 3 saturated heterocycles. The number of aromatic carboxylic acids is 1. The number of nitrogens with zero attached hydrogens (tertiary/aromatic N) is 5. The first kappa shape index (κ1) is 23.6. The summed E-state index contributed by atoms with van der Waals surface area (Å²) in [4.78, 5) is 29.4. The molecule has 3 aliphatic rings. The van der Waals surface area contributed by atoms with E-state index in [2.05, 4.69) is 14.9 Å². The Kier molecular flexibility index (Phi) is 6.18. The van der Waals surface area contributed by atoms with Gasteiger partial charge in [0.05, 0.1) is 18.8 Å². The number of carboxylic acid groups (broad SMARTS) is 1. The third-order valence-corrected chi connectivity index (χ3v) is 7.03. The van der Waals surface area contributed by atoms with Gasteiger partial charge < -0.3 is 19.6 Å². The standard InChI is InChI=1S/C23H26F3N5O4/c24-23(25,26)18-2-1-15(20(9-18)30-11-16-13-35-14-17(16)12-30)10-28-5-7-29(8-6-28)22(34)31-4-3-19(27-31)21(32)33/h1-4,9,16-17H,5-8,10-14H2,(H,32,33). The number of carbonyl (C=O) groups is 2. The van der Waals surface area contributed by atoms with Crippen LogP contribution in [-0.2, 0) is 17.5 Å². The largest absolute Gasteiger partial charge is 0.476 e. The summed E-state index contributed by atoms with van der Waals surface area (Å²) < 4.78 is 46.9. The Morgan fingerprint density at radius 1 is 1.06 bits per heavy atom. The Balaban J connectivity index is 1.27. The predicted octanol–water partition coefficient (Wildman–Crippen LogP) is 2.47. The summed E-state index contributed by atoms with van der Waals surface area (Å²) in [5.74, 6) is -0.519. The molecule has 0 aliphatic carbocycles. The van der Waals surface area contributed by atoms with Crippen LogP contribution in [0, 0.1) is 11.8 Å². The number of fused-ring (bicyclic) bond motifs is 1. The zero-order valence-electron chi connectivity index (χ0n) is 18.9. The number of aromatic nitrogens is 2. The number of ether oxygens (including phenoxy) is 1. The second-order valence-electron chi connectivity index (χ2n) is 9.30. The number of benzene rings is 1. The molecule has 0 spiro atoms. The smallest absolute Gasteiger partial charge is 0.416 e. The molecule has 3 aliphatic heterocycles. The highest BCUT2D eigenvalue weighted by Crippen LogP contribution is 2.38. The molecule has 1 N–H and O–H groups in total. The van der Waals surface area contributed by atoms with E-state index >= 15 is 0 Å². The van der Waals surface area contributed by atoms with Gasteiger partial charge in [-0.25, -0.2) is 9.59 Å². The van der Waals surface area contributed by atoms with Gasteiger partial charge >= 0.3 is 18.2 Å². The van der Waals surface area contributed by atoms with Crippen LogP contribution < -0.4 is 4.90 Å². The number of hydrogen-bond donors (Lipinski definition) is 1. The summed E-state index contributed by atoms with van der Waals surface area (Å²) in [5, 5.41) is 12.8. The van der Waals surface area contributed by atoms with E-state index in [4.69, 9.17) is 9.84 Å². The number of piperazine rings is 1. The van der Waals surface area contributed by atoms with E-state index in [1.54, 1.807) is 11.0 Å². The molecule has 188 valence electrons. The quantitative estimate of drug-likeness (QED) is 0.700. The lowest BCUT2D eigenvalue weighted by molar-refractivity contribution is -0.137. The molecule has 1 amide bonds. The minimum absolute atomic E-state index is 0.204. The lowest BCUT2D eigenvalue weighted by atomic mass is 10.0. The summed E-state index contributed by atoms with van der Waals surface area (Å²) in [6.07, 6.45) is -3.09. The van der Waals surface area contributed by atoms with E-state index in [-0.39, 0.29) is 5.69 Å². The number of rotatable bonds is 4. The molecule has 2 aromatic rings. The molecule has 5 rings (SSSR count). The molecular weight excluding hydrogens is 467 g/mol. The molecule has 1 aromatic heterocycles. The minimum Gasteiger partial charge on any atom is -0.476 e. The van der Waals surface area contributed by atoms with E-state index in [0.717, 1.165) is 16.3 Å². The van der Waals surface area contributed by atoms with Crippen molar-refractivity contribution in [2.75, 3.05) is 57.4 Å². The van der Waals surface area contributed by atoms with Gasteiger partial charge in [0.15, 0.2) is 5.69 Å². The van der Waals surface area contributed by atoms with Crippen molar-refractivity contribution in [2.45, 2.75) is 12.7 Å². The first-order valence-corrected chi connectivity index (χ1v) is 11.5. The summed E-state index contributed by atoms with van der Waals surface area (Å²) in [5.41, 5.74) is 0.590.